The lowest BCUT2D eigenvalue weighted by molar-refractivity contribution is 0.415. The number of halogens is 1. The number of likely N-dealkylation sites (N-methyl/N-ethyl adjacent to an activating group) is 2. The Morgan fingerprint density at radius 2 is 1.97 bits per heavy atom. The van der Waals surface area contributed by atoms with Crippen LogP contribution in [0.4, 0.5) is 11.6 Å². The molecule has 0 bridgehead atoms. The van der Waals surface area contributed by atoms with Crippen molar-refractivity contribution in [3.8, 4) is 11.8 Å². The number of nitrogens with one attached hydrogen (secondary N) is 1. The van der Waals surface area contributed by atoms with Gasteiger partial charge in [0.25, 0.3) is 0 Å². The summed E-state index contributed by atoms with van der Waals surface area (Å²) in [4.78, 5) is 18.0. The summed E-state index contributed by atoms with van der Waals surface area (Å²) < 4.78 is 6.12. The zero-order valence-electron chi connectivity index (χ0n) is 20.4. The number of allylic oxidation sites excluding steroid dienone is 2. The fourth-order valence-corrected chi connectivity index (χ4v) is 4.12. The standard InChI is InChI=1S/C26H31ClN6O/c1-6-7-18-14-22(28-16-18)29-23-15-24(33(5)11-10-32(3)4)31-26(30-23)34-21-9-8-19-12-17(2)13-20(19)25(21)27/h6-9,13-15H,10-12,16H2,1-5H3,(H,28,29,30,31)/b7-6+. The zero-order chi connectivity index (χ0) is 24.2. The van der Waals surface area contributed by atoms with Gasteiger partial charge in [0.2, 0.25) is 0 Å². The van der Waals surface area contributed by atoms with E-state index in [2.05, 4.69) is 55.2 Å². The van der Waals surface area contributed by atoms with E-state index in [1.54, 1.807) is 0 Å². The molecule has 1 aromatic heterocycles. The molecule has 0 atom stereocenters. The molecule has 0 spiro atoms. The van der Waals surface area contributed by atoms with Gasteiger partial charge in [-0.15, -0.1) is 0 Å². The first-order valence-electron chi connectivity index (χ1n) is 11.4. The van der Waals surface area contributed by atoms with E-state index < -0.39 is 0 Å². The summed E-state index contributed by atoms with van der Waals surface area (Å²) >= 11 is 6.69. The first-order valence-corrected chi connectivity index (χ1v) is 11.8. The molecular formula is C26H31ClN6O. The Hall–Kier alpha value is -3.16. The van der Waals surface area contributed by atoms with Crippen molar-refractivity contribution in [1.29, 1.82) is 0 Å². The number of hydrogen-bond acceptors (Lipinski definition) is 7. The van der Waals surface area contributed by atoms with E-state index in [1.807, 2.05) is 52.4 Å². The van der Waals surface area contributed by atoms with Gasteiger partial charge < -0.3 is 19.9 Å². The van der Waals surface area contributed by atoms with Crippen molar-refractivity contribution < 1.29 is 4.74 Å². The second-order valence-corrected chi connectivity index (χ2v) is 9.26. The number of nitrogens with zero attached hydrogens (tertiary/aromatic N) is 5. The van der Waals surface area contributed by atoms with Gasteiger partial charge >= 0.3 is 6.01 Å². The number of anilines is 2. The first-order chi connectivity index (χ1) is 16.3. The molecule has 0 amide bonds. The topological polar surface area (TPSA) is 65.9 Å². The van der Waals surface area contributed by atoms with Crippen LogP contribution in [0, 0.1) is 0 Å². The lowest BCUT2D eigenvalue weighted by Gasteiger charge is -2.21. The molecule has 4 rings (SSSR count). The molecule has 0 unspecified atom stereocenters. The van der Waals surface area contributed by atoms with Crippen LogP contribution >= 0.6 is 11.6 Å². The number of amidine groups is 1. The van der Waals surface area contributed by atoms with E-state index in [9.17, 15) is 0 Å². The van der Waals surface area contributed by atoms with Gasteiger partial charge in [-0.2, -0.15) is 9.97 Å². The van der Waals surface area contributed by atoms with Crippen LogP contribution in [0.5, 0.6) is 11.8 Å². The van der Waals surface area contributed by atoms with Crippen LogP contribution < -0.4 is 15.0 Å². The van der Waals surface area contributed by atoms with E-state index in [0.29, 0.717) is 23.1 Å². The number of aliphatic imine (C=N–C) groups is 1. The summed E-state index contributed by atoms with van der Waals surface area (Å²) in [6.45, 7) is 6.45. The summed E-state index contributed by atoms with van der Waals surface area (Å²) in [5.41, 5.74) is 4.64. The molecule has 1 N–H and O–H groups in total. The summed E-state index contributed by atoms with van der Waals surface area (Å²) in [5, 5.41) is 3.89. The second kappa shape index (κ2) is 10.4. The largest absolute Gasteiger partial charge is 0.423 e. The maximum atomic E-state index is 6.69. The number of hydrogen-bond donors (Lipinski definition) is 1. The molecule has 178 valence electrons. The summed E-state index contributed by atoms with van der Waals surface area (Å²) in [7, 11) is 6.11. The fourth-order valence-electron chi connectivity index (χ4n) is 3.85. The number of aromatic nitrogens is 2. The molecule has 1 aliphatic heterocycles. The number of rotatable bonds is 8. The van der Waals surface area contributed by atoms with Crippen molar-refractivity contribution in [3.63, 3.8) is 0 Å². The SMILES string of the molecule is C/C=C/C1=CC(Nc2cc(N(C)CCN(C)C)nc(Oc3ccc4c(c3Cl)C=C(C)C4)n2)=NC1. The van der Waals surface area contributed by atoms with Crippen LogP contribution in [-0.4, -0.2) is 61.5 Å². The predicted octanol–water partition coefficient (Wildman–Crippen LogP) is 5.21. The van der Waals surface area contributed by atoms with Crippen molar-refractivity contribution in [2.75, 3.05) is 51.0 Å². The number of ether oxygens (including phenoxy) is 1. The van der Waals surface area contributed by atoms with Crippen LogP contribution in [-0.2, 0) is 6.42 Å². The molecule has 1 aliphatic carbocycles. The molecule has 0 fully saturated rings. The van der Waals surface area contributed by atoms with Crippen molar-refractivity contribution in [1.82, 2.24) is 14.9 Å². The molecule has 0 saturated carbocycles. The zero-order valence-corrected chi connectivity index (χ0v) is 21.1. The smallest absolute Gasteiger partial charge is 0.325 e. The lowest BCUT2D eigenvalue weighted by Crippen LogP contribution is -2.29. The van der Waals surface area contributed by atoms with Gasteiger partial charge in [0.1, 0.15) is 23.2 Å². The van der Waals surface area contributed by atoms with Gasteiger partial charge in [-0.25, -0.2) is 0 Å². The van der Waals surface area contributed by atoms with Gasteiger partial charge in [0.15, 0.2) is 0 Å². The lowest BCUT2D eigenvalue weighted by atomic mass is 10.1. The van der Waals surface area contributed by atoms with Crippen LogP contribution in [0.3, 0.4) is 0 Å². The van der Waals surface area contributed by atoms with E-state index in [0.717, 1.165) is 42.3 Å². The van der Waals surface area contributed by atoms with Gasteiger partial charge in [0, 0.05) is 31.8 Å². The second-order valence-electron chi connectivity index (χ2n) is 8.88. The van der Waals surface area contributed by atoms with Crippen molar-refractivity contribution in [3.05, 3.63) is 63.7 Å². The Morgan fingerprint density at radius 3 is 2.74 bits per heavy atom. The van der Waals surface area contributed by atoms with Crippen molar-refractivity contribution >= 4 is 35.1 Å². The summed E-state index contributed by atoms with van der Waals surface area (Å²) in [6.07, 6.45) is 9.10. The fraction of sp³-hybridized carbons (Fsp3) is 0.346. The van der Waals surface area contributed by atoms with Crippen LogP contribution in [0.15, 0.2) is 52.6 Å². The maximum Gasteiger partial charge on any atom is 0.325 e. The molecule has 7 nitrogen and oxygen atoms in total. The Bertz CT molecular complexity index is 1200. The molecular weight excluding hydrogens is 448 g/mol. The summed E-state index contributed by atoms with van der Waals surface area (Å²) in [5.74, 6) is 2.66. The molecule has 2 aromatic rings. The molecule has 0 radical (unpaired) electrons. The van der Waals surface area contributed by atoms with Crippen molar-refractivity contribution in [2.24, 2.45) is 4.99 Å². The summed E-state index contributed by atoms with van der Waals surface area (Å²) in [6, 6.07) is 6.08. The Kier molecular flexibility index (Phi) is 7.34. The molecule has 2 heterocycles. The average Bonchev–Trinajstić information content (AvgIpc) is 3.40. The number of benzene rings is 1. The van der Waals surface area contributed by atoms with Gasteiger partial charge in [-0.3, -0.25) is 4.99 Å². The third kappa shape index (κ3) is 5.66. The minimum atomic E-state index is 0.230. The van der Waals surface area contributed by atoms with Gasteiger partial charge in [0.05, 0.1) is 11.6 Å². The molecule has 8 heteroatoms. The first kappa shape index (κ1) is 24.0. The molecule has 34 heavy (non-hydrogen) atoms. The average molecular weight is 479 g/mol. The third-order valence-corrected chi connectivity index (χ3v) is 6.04. The molecule has 2 aliphatic rings. The highest BCUT2D eigenvalue weighted by atomic mass is 35.5. The maximum absolute atomic E-state index is 6.69. The van der Waals surface area contributed by atoms with Crippen LogP contribution in [0.1, 0.15) is 25.0 Å². The van der Waals surface area contributed by atoms with E-state index in [4.69, 9.17) is 16.3 Å². The minimum Gasteiger partial charge on any atom is -0.423 e. The molecule has 0 saturated heterocycles. The van der Waals surface area contributed by atoms with Crippen molar-refractivity contribution in [2.45, 2.75) is 20.3 Å². The minimum absolute atomic E-state index is 0.230. The Labute approximate surface area is 206 Å². The van der Waals surface area contributed by atoms with Gasteiger partial charge in [-0.1, -0.05) is 41.5 Å². The number of fused-ring (bicyclic) bond motifs is 1. The van der Waals surface area contributed by atoms with Crippen LogP contribution in [0.25, 0.3) is 6.08 Å². The van der Waals surface area contributed by atoms with Gasteiger partial charge in [-0.05, 0) is 57.6 Å². The highest BCUT2D eigenvalue weighted by molar-refractivity contribution is 6.33. The quantitative estimate of drug-likeness (QED) is 0.562. The third-order valence-electron chi connectivity index (χ3n) is 5.65. The Morgan fingerprint density at radius 1 is 1.15 bits per heavy atom. The van der Waals surface area contributed by atoms with E-state index >= 15 is 0 Å². The van der Waals surface area contributed by atoms with E-state index in [1.165, 1.54) is 11.1 Å². The predicted molar refractivity (Wildman–Crippen MR) is 142 cm³/mol. The van der Waals surface area contributed by atoms with Crippen LogP contribution in [0.2, 0.25) is 5.02 Å². The highest BCUT2D eigenvalue weighted by Gasteiger charge is 2.19. The Balaban J connectivity index is 1.63. The van der Waals surface area contributed by atoms with E-state index in [-0.39, 0.29) is 6.01 Å². The normalized spacial score (nSPS) is 14.9. The molecule has 1 aromatic carbocycles. The monoisotopic (exact) mass is 478 g/mol. The highest BCUT2D eigenvalue weighted by Crippen LogP contribution is 2.38.